The van der Waals surface area contributed by atoms with E-state index in [2.05, 4.69) is 15.7 Å². The fourth-order valence-electron chi connectivity index (χ4n) is 4.31. The molecule has 1 aromatic carbocycles. The smallest absolute Gasteiger partial charge is 0.229 e. The Morgan fingerprint density at radius 1 is 1.29 bits per heavy atom. The van der Waals surface area contributed by atoms with E-state index in [-0.39, 0.29) is 0 Å². The van der Waals surface area contributed by atoms with Gasteiger partial charge in [-0.15, -0.1) is 0 Å². The van der Waals surface area contributed by atoms with Crippen molar-refractivity contribution in [2.24, 2.45) is 5.41 Å². The average Bonchev–Trinajstić information content (AvgIpc) is 2.67. The summed E-state index contributed by atoms with van der Waals surface area (Å²) in [6.07, 6.45) is 9.18. The van der Waals surface area contributed by atoms with Gasteiger partial charge in [0.1, 0.15) is 0 Å². The fourth-order valence-corrected chi connectivity index (χ4v) is 4.86. The Morgan fingerprint density at radius 2 is 2.05 bits per heavy atom. The first-order valence-electron chi connectivity index (χ1n) is 7.82. The van der Waals surface area contributed by atoms with E-state index in [9.17, 15) is 8.42 Å². The molecule has 0 amide bonds. The molecule has 1 spiro atoms. The molecule has 2 saturated carbocycles. The number of fused-ring (bicyclic) bond motifs is 1. The lowest BCUT2D eigenvalue weighted by Gasteiger charge is -2.57. The molecule has 4 rings (SSSR count). The van der Waals surface area contributed by atoms with Crippen LogP contribution in [0.5, 0.6) is 0 Å². The second-order valence-electron chi connectivity index (χ2n) is 7.08. The van der Waals surface area contributed by atoms with Crippen LogP contribution in [0.4, 0.5) is 11.4 Å². The van der Waals surface area contributed by atoms with Crippen LogP contribution in [0.25, 0.3) is 0 Å². The van der Waals surface area contributed by atoms with E-state index in [1.165, 1.54) is 49.6 Å². The Hall–Kier alpha value is -1.23. The second kappa shape index (κ2) is 4.38. The van der Waals surface area contributed by atoms with E-state index in [1.807, 2.05) is 12.1 Å². The zero-order chi connectivity index (χ0) is 14.7. The molecular formula is C16H22N2O2S. The van der Waals surface area contributed by atoms with Crippen molar-refractivity contribution in [2.45, 2.75) is 44.6 Å². The number of nitrogens with zero attached hydrogens (tertiary/aromatic N) is 1. The molecule has 2 aliphatic carbocycles. The van der Waals surface area contributed by atoms with Crippen molar-refractivity contribution in [3.8, 4) is 0 Å². The van der Waals surface area contributed by atoms with Gasteiger partial charge < -0.3 is 4.90 Å². The normalized spacial score (nSPS) is 23.6. The lowest BCUT2D eigenvalue weighted by Crippen LogP contribution is -2.53. The van der Waals surface area contributed by atoms with Gasteiger partial charge in [-0.3, -0.25) is 4.72 Å². The van der Waals surface area contributed by atoms with Gasteiger partial charge in [0.05, 0.1) is 11.9 Å². The Kier molecular flexibility index (Phi) is 2.80. The van der Waals surface area contributed by atoms with Crippen molar-refractivity contribution in [3.05, 3.63) is 23.8 Å². The summed E-state index contributed by atoms with van der Waals surface area (Å²) < 4.78 is 25.4. The second-order valence-corrected chi connectivity index (χ2v) is 8.83. The first-order valence-corrected chi connectivity index (χ1v) is 9.71. The third-order valence-electron chi connectivity index (χ3n) is 5.51. The molecular weight excluding hydrogens is 284 g/mol. The molecule has 0 radical (unpaired) electrons. The minimum Gasteiger partial charge on any atom is -0.368 e. The van der Waals surface area contributed by atoms with Crippen LogP contribution in [-0.2, 0) is 16.4 Å². The summed E-state index contributed by atoms with van der Waals surface area (Å²) in [6, 6.07) is 6.62. The summed E-state index contributed by atoms with van der Waals surface area (Å²) in [5.41, 5.74) is 3.95. The summed E-state index contributed by atoms with van der Waals surface area (Å²) in [6.45, 7) is 1.08. The predicted molar refractivity (Wildman–Crippen MR) is 85.3 cm³/mol. The minimum absolute atomic E-state index is 0.667. The highest BCUT2D eigenvalue weighted by Crippen LogP contribution is 2.58. The summed E-state index contributed by atoms with van der Waals surface area (Å²) in [7, 11) is -3.21. The van der Waals surface area contributed by atoms with Crippen molar-refractivity contribution in [1.29, 1.82) is 0 Å². The van der Waals surface area contributed by atoms with Crippen LogP contribution in [0.2, 0.25) is 0 Å². The zero-order valence-electron chi connectivity index (χ0n) is 12.4. The van der Waals surface area contributed by atoms with Gasteiger partial charge in [-0.2, -0.15) is 0 Å². The summed E-state index contributed by atoms with van der Waals surface area (Å²) >= 11 is 0. The van der Waals surface area contributed by atoms with E-state index in [0.717, 1.165) is 13.0 Å². The third-order valence-corrected chi connectivity index (χ3v) is 6.12. The molecule has 3 aliphatic rings. The van der Waals surface area contributed by atoms with E-state index in [4.69, 9.17) is 0 Å². The molecule has 0 atom stereocenters. The number of anilines is 2. The van der Waals surface area contributed by atoms with Gasteiger partial charge in [0.25, 0.3) is 0 Å². The molecule has 1 heterocycles. The molecule has 4 nitrogen and oxygen atoms in total. The Bertz CT molecular complexity index is 672. The maximum atomic E-state index is 11.4. The minimum atomic E-state index is -3.21. The van der Waals surface area contributed by atoms with Crippen LogP contribution in [0.1, 0.15) is 37.7 Å². The summed E-state index contributed by atoms with van der Waals surface area (Å²) in [5, 5.41) is 0. The summed E-state index contributed by atoms with van der Waals surface area (Å²) in [5.74, 6) is 0. The zero-order valence-corrected chi connectivity index (χ0v) is 13.2. The number of sulfonamides is 1. The highest BCUT2D eigenvalue weighted by atomic mass is 32.2. The number of nitrogens with one attached hydrogen (secondary N) is 1. The maximum Gasteiger partial charge on any atom is 0.229 e. The van der Waals surface area contributed by atoms with Crippen molar-refractivity contribution in [2.75, 3.05) is 22.4 Å². The van der Waals surface area contributed by atoms with E-state index in [0.29, 0.717) is 17.1 Å². The monoisotopic (exact) mass is 306 g/mol. The molecule has 1 aliphatic heterocycles. The average molecular weight is 306 g/mol. The first-order chi connectivity index (χ1) is 9.94. The molecule has 21 heavy (non-hydrogen) atoms. The molecule has 1 N–H and O–H groups in total. The number of hydrogen-bond acceptors (Lipinski definition) is 3. The number of hydrogen-bond donors (Lipinski definition) is 1. The lowest BCUT2D eigenvalue weighted by molar-refractivity contribution is 0.00938. The van der Waals surface area contributed by atoms with Crippen LogP contribution < -0.4 is 9.62 Å². The van der Waals surface area contributed by atoms with Crippen LogP contribution in [-0.4, -0.2) is 27.3 Å². The number of benzene rings is 1. The van der Waals surface area contributed by atoms with Gasteiger partial charge in [0, 0.05) is 18.3 Å². The third kappa shape index (κ3) is 2.31. The van der Waals surface area contributed by atoms with Crippen LogP contribution in [0.3, 0.4) is 0 Å². The van der Waals surface area contributed by atoms with Gasteiger partial charge in [-0.25, -0.2) is 8.42 Å². The van der Waals surface area contributed by atoms with Gasteiger partial charge in [-0.05, 0) is 55.2 Å². The quantitative estimate of drug-likeness (QED) is 0.934. The van der Waals surface area contributed by atoms with Gasteiger partial charge in [0.15, 0.2) is 0 Å². The number of rotatable bonds is 3. The molecule has 0 bridgehead atoms. The highest BCUT2D eigenvalue weighted by molar-refractivity contribution is 7.92. The fraction of sp³-hybridized carbons (Fsp3) is 0.625. The van der Waals surface area contributed by atoms with Crippen LogP contribution in [0, 0.1) is 5.41 Å². The standard InChI is InChI=1S/C16H22N2O2S/c1-21(19,20)17-13-4-3-12-5-8-18(15(12)9-13)14-10-16(11-14)6-2-7-16/h3-4,9,14,17H,2,5-8,10-11H2,1H3. The SMILES string of the molecule is CS(=O)(=O)Nc1ccc2c(c1)N(C1CC3(CCC3)C1)CC2. The lowest BCUT2D eigenvalue weighted by atomic mass is 9.54. The molecule has 0 aromatic heterocycles. The van der Waals surface area contributed by atoms with Gasteiger partial charge >= 0.3 is 0 Å². The first kappa shape index (κ1) is 13.4. The molecule has 1 aromatic rings. The molecule has 5 heteroatoms. The Balaban J connectivity index is 1.54. The molecule has 0 unspecified atom stereocenters. The van der Waals surface area contributed by atoms with E-state index in [1.54, 1.807) is 0 Å². The van der Waals surface area contributed by atoms with Crippen LogP contribution in [0.15, 0.2) is 18.2 Å². The van der Waals surface area contributed by atoms with E-state index < -0.39 is 10.0 Å². The van der Waals surface area contributed by atoms with Crippen molar-refractivity contribution >= 4 is 21.4 Å². The van der Waals surface area contributed by atoms with E-state index >= 15 is 0 Å². The van der Waals surface area contributed by atoms with Crippen molar-refractivity contribution in [1.82, 2.24) is 0 Å². The van der Waals surface area contributed by atoms with Gasteiger partial charge in [0.2, 0.25) is 10.0 Å². The largest absolute Gasteiger partial charge is 0.368 e. The predicted octanol–water partition coefficient (Wildman–Crippen LogP) is 2.75. The summed E-state index contributed by atoms with van der Waals surface area (Å²) in [4.78, 5) is 2.51. The van der Waals surface area contributed by atoms with Crippen molar-refractivity contribution in [3.63, 3.8) is 0 Å². The topological polar surface area (TPSA) is 49.4 Å². The highest BCUT2D eigenvalue weighted by Gasteiger charge is 2.50. The van der Waals surface area contributed by atoms with Crippen molar-refractivity contribution < 1.29 is 8.42 Å². The Morgan fingerprint density at radius 3 is 2.67 bits per heavy atom. The molecule has 0 saturated heterocycles. The molecule has 2 fully saturated rings. The Labute approximate surface area is 126 Å². The molecule has 114 valence electrons. The maximum absolute atomic E-state index is 11.4. The van der Waals surface area contributed by atoms with Gasteiger partial charge in [-0.1, -0.05) is 12.5 Å². The van der Waals surface area contributed by atoms with Crippen LogP contribution >= 0.6 is 0 Å².